The van der Waals surface area contributed by atoms with Crippen molar-refractivity contribution in [2.45, 2.75) is 24.9 Å². The van der Waals surface area contributed by atoms with Gasteiger partial charge in [0.25, 0.3) is 0 Å². The van der Waals surface area contributed by atoms with Gasteiger partial charge in [0.2, 0.25) is 5.91 Å². The Kier molecular flexibility index (Phi) is 6.57. The molecular formula is C23H23BrN4O3S. The molecular weight excluding hydrogens is 492 g/mol. The van der Waals surface area contributed by atoms with Gasteiger partial charge in [-0.05, 0) is 41.8 Å². The molecule has 2 aromatic carbocycles. The molecule has 7 nitrogen and oxygen atoms in total. The third-order valence-electron chi connectivity index (χ3n) is 5.03. The summed E-state index contributed by atoms with van der Waals surface area (Å²) in [6, 6.07) is 13.5. The molecule has 2 aromatic heterocycles. The Hall–Kier alpha value is -2.78. The number of carbonyl (C=O) groups is 1. The molecule has 0 atom stereocenters. The highest BCUT2D eigenvalue weighted by atomic mass is 79.9. The fourth-order valence-electron chi connectivity index (χ4n) is 3.40. The zero-order valence-electron chi connectivity index (χ0n) is 18.2. The van der Waals surface area contributed by atoms with E-state index in [4.69, 9.17) is 9.15 Å². The van der Waals surface area contributed by atoms with E-state index < -0.39 is 0 Å². The number of thioether (sulfide) groups is 1. The summed E-state index contributed by atoms with van der Waals surface area (Å²) in [7, 11) is 3.46. The van der Waals surface area contributed by atoms with Gasteiger partial charge in [-0.1, -0.05) is 53.7 Å². The lowest BCUT2D eigenvalue weighted by molar-refractivity contribution is -0.113. The van der Waals surface area contributed by atoms with Crippen LogP contribution < -0.4 is 10.1 Å². The quantitative estimate of drug-likeness (QED) is 0.311. The molecule has 0 spiro atoms. The van der Waals surface area contributed by atoms with Gasteiger partial charge in [0, 0.05) is 22.6 Å². The van der Waals surface area contributed by atoms with Crippen LogP contribution in [0.25, 0.3) is 22.6 Å². The number of carbonyl (C=O) groups excluding carboxylic acids is 1. The van der Waals surface area contributed by atoms with Crippen molar-refractivity contribution in [2.24, 2.45) is 7.05 Å². The number of nitrogens with zero attached hydrogens (tertiary/aromatic N) is 3. The number of methoxy groups -OCH3 is 1. The maximum absolute atomic E-state index is 12.6. The Balaban J connectivity index is 1.48. The molecule has 0 saturated carbocycles. The number of rotatable bonds is 7. The van der Waals surface area contributed by atoms with Crippen LogP contribution in [-0.4, -0.2) is 33.5 Å². The molecule has 2 heterocycles. The summed E-state index contributed by atoms with van der Waals surface area (Å²) in [5, 5.41) is 13.1. The van der Waals surface area contributed by atoms with Crippen molar-refractivity contribution in [1.82, 2.24) is 14.8 Å². The Bertz CT molecular complexity index is 1280. The van der Waals surface area contributed by atoms with Crippen LogP contribution >= 0.6 is 27.7 Å². The van der Waals surface area contributed by atoms with Crippen LogP contribution in [0.1, 0.15) is 25.3 Å². The fraction of sp³-hybridized carbons (Fsp3) is 0.261. The molecule has 32 heavy (non-hydrogen) atoms. The van der Waals surface area contributed by atoms with Gasteiger partial charge in [-0.15, -0.1) is 10.2 Å². The predicted molar refractivity (Wildman–Crippen MR) is 130 cm³/mol. The standard InChI is InChI=1S/C23H23BrN4O3S/c1-13(2)16-11-15(24)8-9-17(16)25-20(29)12-32-23-27-26-22(28(23)3)19-10-14-6-5-7-18(30-4)21(14)31-19/h5-11,13H,12H2,1-4H3,(H,25,29). The Labute approximate surface area is 198 Å². The molecule has 0 bridgehead atoms. The smallest absolute Gasteiger partial charge is 0.234 e. The number of furan rings is 1. The van der Waals surface area contributed by atoms with E-state index in [1.165, 1.54) is 11.8 Å². The average Bonchev–Trinajstić information content (AvgIpc) is 3.36. The molecule has 166 valence electrons. The number of hydrogen-bond acceptors (Lipinski definition) is 6. The number of para-hydroxylation sites is 1. The van der Waals surface area contributed by atoms with Crippen LogP contribution in [0, 0.1) is 0 Å². The van der Waals surface area contributed by atoms with Gasteiger partial charge in [0.15, 0.2) is 28.1 Å². The predicted octanol–water partition coefficient (Wildman–Crippen LogP) is 5.85. The number of anilines is 1. The summed E-state index contributed by atoms with van der Waals surface area (Å²) in [4.78, 5) is 12.6. The number of benzene rings is 2. The van der Waals surface area contributed by atoms with Crippen LogP contribution in [-0.2, 0) is 11.8 Å². The van der Waals surface area contributed by atoms with Gasteiger partial charge in [0.05, 0.1) is 12.9 Å². The molecule has 0 aliphatic carbocycles. The van der Waals surface area contributed by atoms with Gasteiger partial charge in [-0.3, -0.25) is 4.79 Å². The van der Waals surface area contributed by atoms with E-state index in [0.29, 0.717) is 34.0 Å². The number of nitrogens with one attached hydrogen (secondary N) is 1. The number of hydrogen-bond donors (Lipinski definition) is 1. The molecule has 0 aliphatic rings. The number of amides is 1. The van der Waals surface area contributed by atoms with Crippen molar-refractivity contribution in [1.29, 1.82) is 0 Å². The third-order valence-corrected chi connectivity index (χ3v) is 6.54. The molecule has 4 aromatic rings. The van der Waals surface area contributed by atoms with Gasteiger partial charge >= 0.3 is 0 Å². The third kappa shape index (κ3) is 4.54. The Morgan fingerprint density at radius 2 is 2.06 bits per heavy atom. The van der Waals surface area contributed by atoms with Gasteiger partial charge in [-0.2, -0.15) is 0 Å². The summed E-state index contributed by atoms with van der Waals surface area (Å²) in [6.07, 6.45) is 0. The molecule has 0 saturated heterocycles. The van der Waals surface area contributed by atoms with E-state index >= 15 is 0 Å². The number of fused-ring (bicyclic) bond motifs is 1. The minimum atomic E-state index is -0.0998. The molecule has 0 unspecified atom stereocenters. The van der Waals surface area contributed by atoms with Crippen LogP contribution in [0.5, 0.6) is 5.75 Å². The second-order valence-electron chi connectivity index (χ2n) is 7.58. The summed E-state index contributed by atoms with van der Waals surface area (Å²) >= 11 is 4.81. The Morgan fingerprint density at radius 1 is 1.25 bits per heavy atom. The molecule has 0 fully saturated rings. The van der Waals surface area contributed by atoms with E-state index in [1.807, 2.05) is 54.1 Å². The van der Waals surface area contributed by atoms with Crippen LogP contribution in [0.3, 0.4) is 0 Å². The van der Waals surface area contributed by atoms with Crippen molar-refractivity contribution in [3.63, 3.8) is 0 Å². The van der Waals surface area contributed by atoms with Crippen molar-refractivity contribution in [3.8, 4) is 17.3 Å². The van der Waals surface area contributed by atoms with Crippen molar-refractivity contribution in [3.05, 3.63) is 52.5 Å². The average molecular weight is 515 g/mol. The first-order valence-corrected chi connectivity index (χ1v) is 11.8. The first kappa shape index (κ1) is 22.4. The molecule has 0 radical (unpaired) electrons. The lowest BCUT2D eigenvalue weighted by atomic mass is 10.0. The number of ether oxygens (including phenoxy) is 1. The van der Waals surface area contributed by atoms with Gasteiger partial charge in [-0.25, -0.2) is 0 Å². The van der Waals surface area contributed by atoms with Crippen LogP contribution in [0.4, 0.5) is 5.69 Å². The largest absolute Gasteiger partial charge is 0.493 e. The van der Waals surface area contributed by atoms with Crippen molar-refractivity contribution in [2.75, 3.05) is 18.2 Å². The van der Waals surface area contributed by atoms with Crippen molar-refractivity contribution >= 4 is 50.3 Å². The highest BCUT2D eigenvalue weighted by molar-refractivity contribution is 9.10. The zero-order chi connectivity index (χ0) is 22.8. The SMILES string of the molecule is COc1cccc2cc(-c3nnc(SCC(=O)Nc4ccc(Br)cc4C(C)C)n3C)oc12. The fourth-order valence-corrected chi connectivity index (χ4v) is 4.49. The van der Waals surface area contributed by atoms with E-state index in [9.17, 15) is 4.79 Å². The van der Waals surface area contributed by atoms with Crippen LogP contribution in [0.15, 0.2) is 56.5 Å². The number of aromatic nitrogens is 3. The van der Waals surface area contributed by atoms with Crippen LogP contribution in [0.2, 0.25) is 0 Å². The van der Waals surface area contributed by atoms with E-state index in [0.717, 1.165) is 21.1 Å². The molecule has 1 amide bonds. The monoisotopic (exact) mass is 514 g/mol. The van der Waals surface area contributed by atoms with E-state index in [2.05, 4.69) is 45.3 Å². The second kappa shape index (κ2) is 9.38. The summed E-state index contributed by atoms with van der Waals surface area (Å²) in [6.45, 7) is 4.20. The van der Waals surface area contributed by atoms with Gasteiger partial charge in [0.1, 0.15) is 0 Å². The highest BCUT2D eigenvalue weighted by Crippen LogP contribution is 2.33. The zero-order valence-corrected chi connectivity index (χ0v) is 20.6. The molecule has 1 N–H and O–H groups in total. The van der Waals surface area contributed by atoms with Gasteiger partial charge < -0.3 is 19.0 Å². The maximum Gasteiger partial charge on any atom is 0.234 e. The lowest BCUT2D eigenvalue weighted by Crippen LogP contribution is -2.16. The summed E-state index contributed by atoms with van der Waals surface area (Å²) in [5.41, 5.74) is 2.57. The summed E-state index contributed by atoms with van der Waals surface area (Å²) < 4.78 is 14.2. The van der Waals surface area contributed by atoms with E-state index in [-0.39, 0.29) is 11.7 Å². The number of halogens is 1. The molecule has 9 heteroatoms. The molecule has 0 aliphatic heterocycles. The maximum atomic E-state index is 12.6. The minimum Gasteiger partial charge on any atom is -0.493 e. The first-order valence-electron chi connectivity index (χ1n) is 10.1. The Morgan fingerprint density at radius 3 is 2.81 bits per heavy atom. The highest BCUT2D eigenvalue weighted by Gasteiger charge is 2.18. The van der Waals surface area contributed by atoms with Crippen molar-refractivity contribution < 1.29 is 13.9 Å². The normalized spacial score (nSPS) is 11.3. The second-order valence-corrected chi connectivity index (χ2v) is 9.44. The summed E-state index contributed by atoms with van der Waals surface area (Å²) in [5.74, 6) is 2.24. The lowest BCUT2D eigenvalue weighted by Gasteiger charge is -2.14. The minimum absolute atomic E-state index is 0.0998. The first-order chi connectivity index (χ1) is 15.4. The molecule has 4 rings (SSSR count). The topological polar surface area (TPSA) is 82.2 Å². The van der Waals surface area contributed by atoms with E-state index in [1.54, 1.807) is 7.11 Å².